The van der Waals surface area contributed by atoms with E-state index in [0.717, 1.165) is 11.8 Å². The monoisotopic (exact) mass is 273 g/mol. The fourth-order valence-electron chi connectivity index (χ4n) is 1.90. The molecule has 2 aromatic rings. The van der Waals surface area contributed by atoms with Crippen molar-refractivity contribution in [3.63, 3.8) is 0 Å². The first-order chi connectivity index (χ1) is 9.56. The van der Waals surface area contributed by atoms with Gasteiger partial charge in [0.25, 0.3) is 0 Å². The molecule has 20 heavy (non-hydrogen) atoms. The molecule has 0 radical (unpaired) electrons. The smallest absolute Gasteiger partial charge is 0.225 e. The maximum absolute atomic E-state index is 13.4. The molecule has 1 unspecified atom stereocenters. The van der Waals surface area contributed by atoms with Crippen LogP contribution in [-0.2, 0) is 4.79 Å². The van der Waals surface area contributed by atoms with Crippen LogP contribution in [0.2, 0.25) is 0 Å². The van der Waals surface area contributed by atoms with Crippen molar-refractivity contribution in [2.45, 2.75) is 19.3 Å². The number of nitrogen functional groups attached to an aromatic ring is 1. The lowest BCUT2D eigenvalue weighted by molar-refractivity contribution is -0.116. The van der Waals surface area contributed by atoms with E-state index >= 15 is 0 Å². The van der Waals surface area contributed by atoms with Crippen molar-refractivity contribution in [3.05, 3.63) is 54.1 Å². The molecule has 2 rings (SSSR count). The summed E-state index contributed by atoms with van der Waals surface area (Å²) < 4.78 is 13.4. The molecule has 1 aromatic heterocycles. The summed E-state index contributed by atoms with van der Waals surface area (Å²) in [6, 6.07) is 8.81. The van der Waals surface area contributed by atoms with E-state index in [1.165, 1.54) is 12.3 Å². The average molecular weight is 273 g/mol. The van der Waals surface area contributed by atoms with E-state index in [0.29, 0.717) is 5.69 Å². The SMILES string of the molecule is CC(CC(=O)Nc1ccncc1F)c1ccc(N)cc1. The van der Waals surface area contributed by atoms with Gasteiger partial charge in [0.1, 0.15) is 0 Å². The van der Waals surface area contributed by atoms with Gasteiger partial charge < -0.3 is 11.1 Å². The zero-order valence-corrected chi connectivity index (χ0v) is 11.1. The molecule has 3 N–H and O–H groups in total. The van der Waals surface area contributed by atoms with E-state index in [1.54, 1.807) is 12.1 Å². The summed E-state index contributed by atoms with van der Waals surface area (Å²) in [4.78, 5) is 15.5. The third-order valence-electron chi connectivity index (χ3n) is 3.04. The average Bonchev–Trinajstić information content (AvgIpc) is 2.42. The summed E-state index contributed by atoms with van der Waals surface area (Å²) in [6.45, 7) is 1.94. The molecule has 1 aromatic carbocycles. The predicted molar refractivity (Wildman–Crippen MR) is 76.7 cm³/mol. The van der Waals surface area contributed by atoms with Crippen LogP contribution in [0.15, 0.2) is 42.7 Å². The van der Waals surface area contributed by atoms with Gasteiger partial charge in [0.2, 0.25) is 5.91 Å². The van der Waals surface area contributed by atoms with E-state index in [4.69, 9.17) is 5.73 Å². The van der Waals surface area contributed by atoms with Crippen LogP contribution in [0.1, 0.15) is 24.8 Å². The van der Waals surface area contributed by atoms with Gasteiger partial charge in [-0.05, 0) is 29.7 Å². The zero-order chi connectivity index (χ0) is 14.5. The highest BCUT2D eigenvalue weighted by atomic mass is 19.1. The molecule has 1 atom stereocenters. The van der Waals surface area contributed by atoms with E-state index < -0.39 is 5.82 Å². The van der Waals surface area contributed by atoms with Gasteiger partial charge in [0, 0.05) is 18.3 Å². The maximum Gasteiger partial charge on any atom is 0.225 e. The minimum atomic E-state index is -0.541. The Balaban J connectivity index is 1.98. The van der Waals surface area contributed by atoms with Crippen molar-refractivity contribution < 1.29 is 9.18 Å². The molecular weight excluding hydrogens is 257 g/mol. The molecule has 1 amide bonds. The number of rotatable bonds is 4. The lowest BCUT2D eigenvalue weighted by Crippen LogP contribution is -2.15. The van der Waals surface area contributed by atoms with E-state index in [-0.39, 0.29) is 23.9 Å². The van der Waals surface area contributed by atoms with Crippen LogP contribution < -0.4 is 11.1 Å². The topological polar surface area (TPSA) is 68.0 Å². The summed E-state index contributed by atoms with van der Waals surface area (Å²) in [5, 5.41) is 2.54. The Morgan fingerprint density at radius 2 is 2.05 bits per heavy atom. The number of aromatic nitrogens is 1. The van der Waals surface area contributed by atoms with Crippen LogP contribution >= 0.6 is 0 Å². The second-order valence-electron chi connectivity index (χ2n) is 4.68. The zero-order valence-electron chi connectivity index (χ0n) is 11.1. The summed E-state index contributed by atoms with van der Waals surface area (Å²) in [6.07, 6.45) is 2.77. The van der Waals surface area contributed by atoms with Gasteiger partial charge in [-0.3, -0.25) is 9.78 Å². The minimum absolute atomic E-state index is 0.0282. The Morgan fingerprint density at radius 3 is 2.70 bits per heavy atom. The third-order valence-corrected chi connectivity index (χ3v) is 3.04. The van der Waals surface area contributed by atoms with Crippen LogP contribution in [0.25, 0.3) is 0 Å². The van der Waals surface area contributed by atoms with Crippen LogP contribution in [0.4, 0.5) is 15.8 Å². The third kappa shape index (κ3) is 3.54. The molecule has 0 fully saturated rings. The molecule has 0 aliphatic heterocycles. The molecule has 0 bridgehead atoms. The summed E-state index contributed by atoms with van der Waals surface area (Å²) in [7, 11) is 0. The van der Waals surface area contributed by atoms with Gasteiger partial charge in [-0.2, -0.15) is 0 Å². The minimum Gasteiger partial charge on any atom is -0.399 e. The molecule has 0 saturated heterocycles. The quantitative estimate of drug-likeness (QED) is 0.841. The predicted octanol–water partition coefficient (Wildman–Crippen LogP) is 2.94. The highest BCUT2D eigenvalue weighted by Crippen LogP contribution is 2.21. The normalized spacial score (nSPS) is 11.9. The number of benzene rings is 1. The van der Waals surface area contributed by atoms with Crippen molar-refractivity contribution in [2.24, 2.45) is 0 Å². The van der Waals surface area contributed by atoms with Crippen molar-refractivity contribution >= 4 is 17.3 Å². The second kappa shape index (κ2) is 6.14. The van der Waals surface area contributed by atoms with Gasteiger partial charge in [-0.25, -0.2) is 4.39 Å². The number of nitrogens with two attached hydrogens (primary N) is 1. The van der Waals surface area contributed by atoms with E-state index in [1.807, 2.05) is 19.1 Å². The highest BCUT2D eigenvalue weighted by Gasteiger charge is 2.12. The number of hydrogen-bond donors (Lipinski definition) is 2. The highest BCUT2D eigenvalue weighted by molar-refractivity contribution is 5.91. The molecule has 1 heterocycles. The molecule has 0 saturated carbocycles. The van der Waals surface area contributed by atoms with E-state index in [2.05, 4.69) is 10.3 Å². The van der Waals surface area contributed by atoms with Gasteiger partial charge in [-0.15, -0.1) is 0 Å². The largest absolute Gasteiger partial charge is 0.399 e. The summed E-state index contributed by atoms with van der Waals surface area (Å²) in [5.74, 6) is -0.749. The first kappa shape index (κ1) is 14.0. The number of nitrogens with one attached hydrogen (secondary N) is 1. The number of halogens is 1. The maximum atomic E-state index is 13.4. The number of carbonyl (C=O) groups excluding carboxylic acids is 1. The number of pyridine rings is 1. The van der Waals surface area contributed by atoms with Crippen LogP contribution in [-0.4, -0.2) is 10.9 Å². The number of amides is 1. The lowest BCUT2D eigenvalue weighted by atomic mass is 9.97. The van der Waals surface area contributed by atoms with Crippen LogP contribution in [0, 0.1) is 5.82 Å². The fourth-order valence-corrected chi connectivity index (χ4v) is 1.90. The van der Waals surface area contributed by atoms with Gasteiger partial charge in [0.15, 0.2) is 5.82 Å². The number of anilines is 2. The molecular formula is C15H16FN3O. The second-order valence-corrected chi connectivity index (χ2v) is 4.68. The molecule has 5 heteroatoms. The molecule has 4 nitrogen and oxygen atoms in total. The number of carbonyl (C=O) groups is 1. The Morgan fingerprint density at radius 1 is 1.35 bits per heavy atom. The van der Waals surface area contributed by atoms with Gasteiger partial charge in [-0.1, -0.05) is 19.1 Å². The van der Waals surface area contributed by atoms with Crippen LogP contribution in [0.5, 0.6) is 0 Å². The van der Waals surface area contributed by atoms with Crippen molar-refractivity contribution in [2.75, 3.05) is 11.1 Å². The standard InChI is InChI=1S/C15H16FN3O/c1-10(11-2-4-12(17)5-3-11)8-15(20)19-14-6-7-18-9-13(14)16/h2-7,9-10H,8,17H2,1H3,(H,18,19,20). The van der Waals surface area contributed by atoms with Crippen molar-refractivity contribution in [3.8, 4) is 0 Å². The van der Waals surface area contributed by atoms with Crippen molar-refractivity contribution in [1.29, 1.82) is 0 Å². The molecule has 104 valence electrons. The first-order valence-corrected chi connectivity index (χ1v) is 6.31. The molecule has 0 aliphatic rings. The fraction of sp³-hybridized carbons (Fsp3) is 0.200. The number of hydrogen-bond acceptors (Lipinski definition) is 3. The first-order valence-electron chi connectivity index (χ1n) is 6.31. The Labute approximate surface area is 116 Å². The van der Waals surface area contributed by atoms with E-state index in [9.17, 15) is 9.18 Å². The Kier molecular flexibility index (Phi) is 4.30. The van der Waals surface area contributed by atoms with Gasteiger partial charge >= 0.3 is 0 Å². The Bertz CT molecular complexity index is 598. The molecule has 0 aliphatic carbocycles. The summed E-state index contributed by atoms with van der Waals surface area (Å²) in [5.41, 5.74) is 7.47. The summed E-state index contributed by atoms with van der Waals surface area (Å²) >= 11 is 0. The lowest BCUT2D eigenvalue weighted by Gasteiger charge is -2.12. The number of nitrogens with zero attached hydrogens (tertiary/aromatic N) is 1. The van der Waals surface area contributed by atoms with Gasteiger partial charge in [0.05, 0.1) is 11.9 Å². The van der Waals surface area contributed by atoms with Crippen molar-refractivity contribution in [1.82, 2.24) is 4.98 Å². The molecule has 0 spiro atoms. The Hall–Kier alpha value is -2.43. The van der Waals surface area contributed by atoms with Crippen LogP contribution in [0.3, 0.4) is 0 Å².